The fourth-order valence-electron chi connectivity index (χ4n) is 2.48. The van der Waals surface area contributed by atoms with E-state index in [1.807, 2.05) is 24.6 Å². The van der Waals surface area contributed by atoms with Crippen LogP contribution in [0.25, 0.3) is 0 Å². The first-order valence-corrected chi connectivity index (χ1v) is 6.45. The average Bonchev–Trinajstić information content (AvgIpc) is 2.86. The van der Waals surface area contributed by atoms with E-state index in [2.05, 4.69) is 10.4 Å². The van der Waals surface area contributed by atoms with Crippen LogP contribution in [-0.2, 0) is 11.3 Å². The summed E-state index contributed by atoms with van der Waals surface area (Å²) in [7, 11) is 0. The van der Waals surface area contributed by atoms with Crippen molar-refractivity contribution in [3.05, 3.63) is 17.5 Å². The van der Waals surface area contributed by atoms with Gasteiger partial charge in [0.05, 0.1) is 5.69 Å². The highest BCUT2D eigenvalue weighted by molar-refractivity contribution is 5.76. The third-order valence-corrected chi connectivity index (χ3v) is 3.37. The molecule has 0 aliphatic heterocycles. The van der Waals surface area contributed by atoms with Crippen LogP contribution in [0.2, 0.25) is 0 Å². The van der Waals surface area contributed by atoms with Gasteiger partial charge in [-0.3, -0.25) is 9.48 Å². The van der Waals surface area contributed by atoms with Gasteiger partial charge in [0.1, 0.15) is 0 Å². The summed E-state index contributed by atoms with van der Waals surface area (Å²) in [5, 5.41) is 7.45. The van der Waals surface area contributed by atoms with Crippen LogP contribution in [-0.4, -0.2) is 21.7 Å². The molecule has 4 heteroatoms. The zero-order chi connectivity index (χ0) is 12.3. The van der Waals surface area contributed by atoms with Crippen LogP contribution in [0.5, 0.6) is 0 Å². The van der Waals surface area contributed by atoms with E-state index in [1.165, 1.54) is 12.8 Å². The van der Waals surface area contributed by atoms with Gasteiger partial charge in [-0.15, -0.1) is 0 Å². The Morgan fingerprint density at radius 1 is 1.47 bits per heavy atom. The summed E-state index contributed by atoms with van der Waals surface area (Å²) in [6.07, 6.45) is 5.32. The van der Waals surface area contributed by atoms with Crippen LogP contribution in [0.3, 0.4) is 0 Å². The van der Waals surface area contributed by atoms with Gasteiger partial charge in [-0.25, -0.2) is 0 Å². The fourth-order valence-corrected chi connectivity index (χ4v) is 2.48. The van der Waals surface area contributed by atoms with Gasteiger partial charge < -0.3 is 5.32 Å². The third kappa shape index (κ3) is 3.32. The Hall–Kier alpha value is -1.32. The molecule has 2 rings (SSSR count). The summed E-state index contributed by atoms with van der Waals surface area (Å²) in [6, 6.07) is 2.46. The summed E-state index contributed by atoms with van der Waals surface area (Å²) in [4.78, 5) is 11.7. The summed E-state index contributed by atoms with van der Waals surface area (Å²) >= 11 is 0. The van der Waals surface area contributed by atoms with E-state index < -0.39 is 0 Å². The highest BCUT2D eigenvalue weighted by Gasteiger charge is 2.16. The summed E-state index contributed by atoms with van der Waals surface area (Å²) in [6.45, 7) is 4.68. The molecule has 1 amide bonds. The van der Waals surface area contributed by atoms with Crippen molar-refractivity contribution in [2.45, 2.75) is 58.5 Å². The molecule has 1 fully saturated rings. The molecule has 94 valence electrons. The number of nitrogens with zero attached hydrogens (tertiary/aromatic N) is 2. The normalized spacial score (nSPS) is 16.4. The molecular formula is C13H21N3O. The molecule has 1 saturated carbocycles. The van der Waals surface area contributed by atoms with Crippen molar-refractivity contribution in [3.63, 3.8) is 0 Å². The Morgan fingerprint density at radius 3 is 2.76 bits per heavy atom. The number of nitrogens with one attached hydrogen (secondary N) is 1. The minimum atomic E-state index is 0.157. The highest BCUT2D eigenvalue weighted by Crippen LogP contribution is 2.17. The van der Waals surface area contributed by atoms with Gasteiger partial charge in [-0.2, -0.15) is 5.10 Å². The monoisotopic (exact) mass is 235 g/mol. The largest absolute Gasteiger partial charge is 0.353 e. The van der Waals surface area contributed by atoms with Gasteiger partial charge in [0.25, 0.3) is 0 Å². The van der Waals surface area contributed by atoms with Crippen molar-refractivity contribution in [1.29, 1.82) is 0 Å². The Morgan fingerprint density at radius 2 is 2.18 bits per heavy atom. The predicted octanol–water partition coefficient (Wildman–Crippen LogP) is 1.95. The molecule has 0 bridgehead atoms. The van der Waals surface area contributed by atoms with Gasteiger partial charge >= 0.3 is 0 Å². The van der Waals surface area contributed by atoms with Crippen LogP contribution >= 0.6 is 0 Å². The Balaban J connectivity index is 1.77. The molecule has 0 saturated heterocycles. The standard InChI is InChI=1S/C13H21N3O/c1-10-9-11(2)16(15-10)8-7-13(17)14-12-5-3-4-6-12/h9,12H,3-8H2,1-2H3,(H,14,17). The number of carbonyl (C=O) groups excluding carboxylic acids is 1. The molecule has 17 heavy (non-hydrogen) atoms. The maximum absolute atomic E-state index is 11.7. The second kappa shape index (κ2) is 5.34. The summed E-state index contributed by atoms with van der Waals surface area (Å²) in [5.74, 6) is 0.157. The van der Waals surface area contributed by atoms with Gasteiger partial charge in [0.2, 0.25) is 5.91 Å². The lowest BCUT2D eigenvalue weighted by atomic mass is 10.2. The summed E-state index contributed by atoms with van der Waals surface area (Å²) in [5.41, 5.74) is 2.13. The zero-order valence-electron chi connectivity index (χ0n) is 10.7. The molecule has 0 aromatic carbocycles. The number of rotatable bonds is 4. The Kier molecular flexibility index (Phi) is 3.82. The van der Waals surface area contributed by atoms with Gasteiger partial charge in [-0.05, 0) is 32.8 Å². The lowest BCUT2D eigenvalue weighted by Gasteiger charge is -2.12. The molecule has 1 aromatic heterocycles. The van der Waals surface area contributed by atoms with Gasteiger partial charge in [0.15, 0.2) is 0 Å². The predicted molar refractivity (Wildman–Crippen MR) is 66.7 cm³/mol. The van der Waals surface area contributed by atoms with Crippen molar-refractivity contribution >= 4 is 5.91 Å². The summed E-state index contributed by atoms with van der Waals surface area (Å²) < 4.78 is 1.91. The van der Waals surface area contributed by atoms with E-state index >= 15 is 0 Å². The third-order valence-electron chi connectivity index (χ3n) is 3.37. The molecular weight excluding hydrogens is 214 g/mol. The van der Waals surface area contributed by atoms with Gasteiger partial charge in [0, 0.05) is 24.7 Å². The number of amides is 1. The lowest BCUT2D eigenvalue weighted by Crippen LogP contribution is -2.33. The first-order valence-electron chi connectivity index (χ1n) is 6.45. The minimum Gasteiger partial charge on any atom is -0.353 e. The quantitative estimate of drug-likeness (QED) is 0.867. The number of aryl methyl sites for hydroxylation is 3. The Bertz CT molecular complexity index is 391. The number of carbonyl (C=O) groups is 1. The van der Waals surface area contributed by atoms with E-state index in [9.17, 15) is 4.79 Å². The molecule has 1 N–H and O–H groups in total. The van der Waals surface area contributed by atoms with E-state index in [4.69, 9.17) is 0 Å². The van der Waals surface area contributed by atoms with Crippen molar-refractivity contribution < 1.29 is 4.79 Å². The van der Waals surface area contributed by atoms with Crippen LogP contribution in [0.1, 0.15) is 43.5 Å². The van der Waals surface area contributed by atoms with Crippen LogP contribution in [0.15, 0.2) is 6.07 Å². The van der Waals surface area contributed by atoms with Gasteiger partial charge in [-0.1, -0.05) is 12.8 Å². The van der Waals surface area contributed by atoms with Crippen LogP contribution < -0.4 is 5.32 Å². The molecule has 0 unspecified atom stereocenters. The molecule has 1 aromatic rings. The van der Waals surface area contributed by atoms with Crippen LogP contribution in [0, 0.1) is 13.8 Å². The number of hydrogen-bond donors (Lipinski definition) is 1. The molecule has 0 radical (unpaired) electrons. The average molecular weight is 235 g/mol. The molecule has 4 nitrogen and oxygen atoms in total. The molecule has 1 aliphatic carbocycles. The first kappa shape index (κ1) is 12.1. The topological polar surface area (TPSA) is 46.9 Å². The number of hydrogen-bond acceptors (Lipinski definition) is 2. The minimum absolute atomic E-state index is 0.157. The Labute approximate surface area is 102 Å². The van der Waals surface area contributed by atoms with Crippen molar-refractivity contribution in [3.8, 4) is 0 Å². The molecule has 0 atom stereocenters. The second-order valence-corrected chi connectivity index (χ2v) is 4.95. The molecule has 0 spiro atoms. The van der Waals surface area contributed by atoms with E-state index in [0.717, 1.165) is 24.2 Å². The number of aromatic nitrogens is 2. The fraction of sp³-hybridized carbons (Fsp3) is 0.692. The first-order chi connectivity index (χ1) is 8.15. The highest BCUT2D eigenvalue weighted by atomic mass is 16.1. The molecule has 1 aliphatic rings. The molecule has 1 heterocycles. The van der Waals surface area contributed by atoms with E-state index in [0.29, 0.717) is 19.0 Å². The van der Waals surface area contributed by atoms with Crippen LogP contribution in [0.4, 0.5) is 0 Å². The maximum Gasteiger partial charge on any atom is 0.222 e. The zero-order valence-corrected chi connectivity index (χ0v) is 10.7. The SMILES string of the molecule is Cc1cc(C)n(CCC(=O)NC2CCCC2)n1. The lowest BCUT2D eigenvalue weighted by molar-refractivity contribution is -0.122. The van der Waals surface area contributed by atoms with Crippen molar-refractivity contribution in [2.24, 2.45) is 0 Å². The van der Waals surface area contributed by atoms with Crippen molar-refractivity contribution in [2.75, 3.05) is 0 Å². The van der Waals surface area contributed by atoms with Crippen molar-refractivity contribution in [1.82, 2.24) is 15.1 Å². The van der Waals surface area contributed by atoms with E-state index in [1.54, 1.807) is 0 Å². The maximum atomic E-state index is 11.7. The van der Waals surface area contributed by atoms with E-state index in [-0.39, 0.29) is 5.91 Å². The smallest absolute Gasteiger partial charge is 0.222 e. The second-order valence-electron chi connectivity index (χ2n) is 4.95.